The highest BCUT2D eigenvalue weighted by atomic mass is 19.1. The molecule has 0 atom stereocenters. The van der Waals surface area contributed by atoms with Gasteiger partial charge in [-0.3, -0.25) is 0 Å². The third-order valence-electron chi connectivity index (χ3n) is 3.29. The molecule has 19 heavy (non-hydrogen) atoms. The molecule has 3 rings (SSSR count). The van der Waals surface area contributed by atoms with Crippen molar-refractivity contribution >= 4 is 12.6 Å². The Morgan fingerprint density at radius 3 is 2.84 bits per heavy atom. The molecule has 0 aliphatic carbocycles. The molecule has 1 N–H and O–H groups in total. The first-order valence-corrected chi connectivity index (χ1v) is 5.96. The van der Waals surface area contributed by atoms with Gasteiger partial charge in [-0.15, -0.1) is 0 Å². The summed E-state index contributed by atoms with van der Waals surface area (Å²) in [6, 6.07) is 10.2. The second kappa shape index (κ2) is 4.68. The Morgan fingerprint density at radius 1 is 1.26 bits per heavy atom. The van der Waals surface area contributed by atoms with E-state index in [0.29, 0.717) is 27.9 Å². The van der Waals surface area contributed by atoms with Gasteiger partial charge in [0.25, 0.3) is 0 Å². The molecular weight excluding hydrogens is 246 g/mol. The van der Waals surface area contributed by atoms with Crippen LogP contribution in [-0.4, -0.2) is 19.3 Å². The lowest BCUT2D eigenvalue weighted by atomic mass is 9.78. The number of para-hydroxylation sites is 1. The van der Waals surface area contributed by atoms with E-state index in [0.717, 1.165) is 0 Å². The average Bonchev–Trinajstić information content (AvgIpc) is 2.78. The first kappa shape index (κ1) is 12.2. The summed E-state index contributed by atoms with van der Waals surface area (Å²) in [6.45, 7) is 0.236. The van der Waals surface area contributed by atoms with Crippen LogP contribution in [0, 0.1) is 5.82 Å². The van der Waals surface area contributed by atoms with Gasteiger partial charge in [0.2, 0.25) is 0 Å². The number of rotatable bonds is 2. The largest absolute Gasteiger partial charge is 0.496 e. The van der Waals surface area contributed by atoms with Gasteiger partial charge in [0, 0.05) is 11.1 Å². The van der Waals surface area contributed by atoms with E-state index in [1.165, 1.54) is 6.07 Å². The topological polar surface area (TPSA) is 38.7 Å². The molecule has 3 nitrogen and oxygen atoms in total. The Morgan fingerprint density at radius 2 is 2.05 bits per heavy atom. The highest BCUT2D eigenvalue weighted by Gasteiger charge is 2.29. The summed E-state index contributed by atoms with van der Waals surface area (Å²) in [5, 5.41) is 9.69. The standard InChI is InChI=1S/C14H12BFO3/c1-18-14-5-3-2-4-10(14)11-7-12-9(6-13(11)16)8-19-15(12)17/h2-7,17H,8H2,1H3. The minimum atomic E-state index is -0.982. The summed E-state index contributed by atoms with van der Waals surface area (Å²) < 4.78 is 24.5. The van der Waals surface area contributed by atoms with Crippen molar-refractivity contribution in [1.82, 2.24) is 0 Å². The first-order valence-electron chi connectivity index (χ1n) is 5.96. The molecule has 0 spiro atoms. The predicted octanol–water partition coefficient (Wildman–Crippen LogP) is 1.72. The maximum Gasteiger partial charge on any atom is 0.491 e. The van der Waals surface area contributed by atoms with Crippen molar-refractivity contribution < 1.29 is 18.8 Å². The van der Waals surface area contributed by atoms with E-state index < -0.39 is 7.12 Å². The lowest BCUT2D eigenvalue weighted by molar-refractivity contribution is 0.275. The normalized spacial score (nSPS) is 13.5. The molecule has 2 aromatic rings. The highest BCUT2D eigenvalue weighted by Crippen LogP contribution is 2.32. The van der Waals surface area contributed by atoms with Crippen LogP contribution in [0.25, 0.3) is 11.1 Å². The van der Waals surface area contributed by atoms with Crippen molar-refractivity contribution in [2.75, 3.05) is 7.11 Å². The number of ether oxygens (including phenoxy) is 1. The van der Waals surface area contributed by atoms with Gasteiger partial charge < -0.3 is 14.4 Å². The third kappa shape index (κ3) is 2.01. The molecular formula is C14H12BFO3. The SMILES string of the molecule is COc1ccccc1-c1cc2c(cc1F)COB2O. The molecule has 0 unspecified atom stereocenters. The van der Waals surface area contributed by atoms with Gasteiger partial charge in [0.15, 0.2) is 0 Å². The average molecular weight is 258 g/mol. The van der Waals surface area contributed by atoms with Crippen molar-refractivity contribution in [1.29, 1.82) is 0 Å². The molecule has 0 saturated carbocycles. The zero-order chi connectivity index (χ0) is 13.4. The van der Waals surface area contributed by atoms with Crippen LogP contribution in [0.1, 0.15) is 5.56 Å². The third-order valence-corrected chi connectivity index (χ3v) is 3.29. The number of halogens is 1. The molecule has 1 heterocycles. The van der Waals surface area contributed by atoms with Crippen LogP contribution in [0.3, 0.4) is 0 Å². The minimum Gasteiger partial charge on any atom is -0.496 e. The molecule has 1 aliphatic heterocycles. The molecule has 0 radical (unpaired) electrons. The van der Waals surface area contributed by atoms with Crippen LogP contribution in [0.2, 0.25) is 0 Å². The fourth-order valence-corrected chi connectivity index (χ4v) is 2.32. The second-order valence-corrected chi connectivity index (χ2v) is 4.39. The Bertz CT molecular complexity index is 630. The molecule has 0 saturated heterocycles. The summed E-state index contributed by atoms with van der Waals surface area (Å²) in [5.41, 5.74) is 2.36. The van der Waals surface area contributed by atoms with Crippen LogP contribution in [0.15, 0.2) is 36.4 Å². The maximum atomic E-state index is 14.2. The van der Waals surface area contributed by atoms with Crippen molar-refractivity contribution in [3.63, 3.8) is 0 Å². The molecule has 96 valence electrons. The van der Waals surface area contributed by atoms with E-state index in [2.05, 4.69) is 0 Å². The fourth-order valence-electron chi connectivity index (χ4n) is 2.32. The second-order valence-electron chi connectivity index (χ2n) is 4.39. The molecule has 0 fully saturated rings. The Labute approximate surface area is 110 Å². The van der Waals surface area contributed by atoms with Gasteiger partial charge in [-0.25, -0.2) is 4.39 Å². The monoisotopic (exact) mass is 258 g/mol. The van der Waals surface area contributed by atoms with E-state index in [-0.39, 0.29) is 12.4 Å². The Balaban J connectivity index is 2.18. The quantitative estimate of drug-likeness (QED) is 0.833. The van der Waals surface area contributed by atoms with E-state index in [1.807, 2.05) is 12.1 Å². The van der Waals surface area contributed by atoms with E-state index in [1.54, 1.807) is 25.3 Å². The molecule has 0 bridgehead atoms. The smallest absolute Gasteiger partial charge is 0.491 e. The molecule has 0 amide bonds. The van der Waals surface area contributed by atoms with Gasteiger partial charge in [-0.2, -0.15) is 0 Å². The minimum absolute atomic E-state index is 0.236. The summed E-state index contributed by atoms with van der Waals surface area (Å²) in [5.74, 6) is 0.246. The fraction of sp³-hybridized carbons (Fsp3) is 0.143. The van der Waals surface area contributed by atoms with E-state index in [4.69, 9.17) is 9.39 Å². The van der Waals surface area contributed by atoms with Crippen LogP contribution < -0.4 is 10.2 Å². The first-order chi connectivity index (χ1) is 9.20. The summed E-state index contributed by atoms with van der Waals surface area (Å²) in [6.07, 6.45) is 0. The predicted molar refractivity (Wildman–Crippen MR) is 70.8 cm³/mol. The molecule has 0 aromatic heterocycles. The summed E-state index contributed by atoms with van der Waals surface area (Å²) >= 11 is 0. The van der Waals surface area contributed by atoms with Gasteiger partial charge in [0.1, 0.15) is 11.6 Å². The highest BCUT2D eigenvalue weighted by molar-refractivity contribution is 6.61. The number of hydrogen-bond acceptors (Lipinski definition) is 3. The van der Waals surface area contributed by atoms with Crippen molar-refractivity contribution in [2.24, 2.45) is 0 Å². The lowest BCUT2D eigenvalue weighted by Gasteiger charge is -2.11. The zero-order valence-electron chi connectivity index (χ0n) is 10.4. The van der Waals surface area contributed by atoms with E-state index in [9.17, 15) is 9.41 Å². The number of hydrogen-bond donors (Lipinski definition) is 1. The molecule has 5 heteroatoms. The van der Waals surface area contributed by atoms with Crippen LogP contribution >= 0.6 is 0 Å². The Hall–Kier alpha value is -1.85. The maximum absolute atomic E-state index is 14.2. The van der Waals surface area contributed by atoms with Gasteiger partial charge in [-0.1, -0.05) is 24.3 Å². The number of methoxy groups -OCH3 is 1. The van der Waals surface area contributed by atoms with Gasteiger partial charge in [0.05, 0.1) is 13.7 Å². The lowest BCUT2D eigenvalue weighted by Crippen LogP contribution is -2.28. The van der Waals surface area contributed by atoms with Crippen molar-refractivity contribution in [3.05, 3.63) is 47.8 Å². The van der Waals surface area contributed by atoms with Crippen LogP contribution in [-0.2, 0) is 11.3 Å². The number of benzene rings is 2. The number of fused-ring (bicyclic) bond motifs is 1. The van der Waals surface area contributed by atoms with Gasteiger partial charge in [-0.05, 0) is 23.2 Å². The Kier molecular flexibility index (Phi) is 3.01. The molecule has 1 aliphatic rings. The van der Waals surface area contributed by atoms with Crippen molar-refractivity contribution in [3.8, 4) is 16.9 Å². The van der Waals surface area contributed by atoms with E-state index >= 15 is 0 Å². The van der Waals surface area contributed by atoms with Crippen LogP contribution in [0.4, 0.5) is 4.39 Å². The van der Waals surface area contributed by atoms with Crippen LogP contribution in [0.5, 0.6) is 5.75 Å². The summed E-state index contributed by atoms with van der Waals surface area (Å²) in [4.78, 5) is 0. The van der Waals surface area contributed by atoms with Gasteiger partial charge >= 0.3 is 7.12 Å². The summed E-state index contributed by atoms with van der Waals surface area (Å²) in [7, 11) is 0.561. The van der Waals surface area contributed by atoms with Crippen molar-refractivity contribution in [2.45, 2.75) is 6.61 Å². The zero-order valence-corrected chi connectivity index (χ0v) is 10.4. The molecule has 2 aromatic carbocycles.